The minimum Gasteiger partial charge on any atom is -0.493 e. The summed E-state index contributed by atoms with van der Waals surface area (Å²) in [6, 6.07) is 6.84. The molecule has 0 aliphatic heterocycles. The minimum absolute atomic E-state index is 0.0239. The third kappa shape index (κ3) is 5.85. The summed E-state index contributed by atoms with van der Waals surface area (Å²) < 4.78 is 5.30. The lowest BCUT2D eigenvalue weighted by molar-refractivity contribution is -0.137. The van der Waals surface area contributed by atoms with Crippen molar-refractivity contribution in [1.82, 2.24) is 4.90 Å². The summed E-state index contributed by atoms with van der Waals surface area (Å²) >= 11 is 0. The predicted octanol–water partition coefficient (Wildman–Crippen LogP) is 2.80. The molecular formula is C16H23NO4. The van der Waals surface area contributed by atoms with Crippen molar-refractivity contribution in [1.29, 1.82) is 0 Å². The third-order valence-corrected chi connectivity index (χ3v) is 2.96. The Morgan fingerprint density at radius 1 is 1.10 bits per heavy atom. The predicted molar refractivity (Wildman–Crippen MR) is 80.7 cm³/mol. The van der Waals surface area contributed by atoms with Gasteiger partial charge < -0.3 is 14.7 Å². The summed E-state index contributed by atoms with van der Waals surface area (Å²) in [5, 5.41) is 8.54. The lowest BCUT2D eigenvalue weighted by Crippen LogP contribution is -2.32. The van der Waals surface area contributed by atoms with E-state index in [0.717, 1.165) is 25.9 Å². The van der Waals surface area contributed by atoms with Gasteiger partial charge in [0.1, 0.15) is 5.75 Å². The van der Waals surface area contributed by atoms with Crippen LogP contribution < -0.4 is 4.74 Å². The molecule has 1 aromatic carbocycles. The molecule has 1 rings (SSSR count). The molecule has 0 aliphatic carbocycles. The molecule has 0 atom stereocenters. The smallest absolute Gasteiger partial charge is 0.306 e. The number of hydrogen-bond donors (Lipinski definition) is 1. The maximum Gasteiger partial charge on any atom is 0.306 e. The van der Waals surface area contributed by atoms with Crippen molar-refractivity contribution in [3.8, 4) is 5.75 Å². The molecule has 0 fully saturated rings. The molecule has 1 N–H and O–H groups in total. The molecule has 0 bridgehead atoms. The van der Waals surface area contributed by atoms with Crippen LogP contribution >= 0.6 is 0 Å². The number of nitrogens with zero attached hydrogens (tertiary/aromatic N) is 1. The summed E-state index contributed by atoms with van der Waals surface area (Å²) in [6.07, 6.45) is 1.83. The zero-order valence-corrected chi connectivity index (χ0v) is 12.7. The zero-order chi connectivity index (χ0) is 15.7. The van der Waals surface area contributed by atoms with Crippen LogP contribution in [0.5, 0.6) is 5.75 Å². The van der Waals surface area contributed by atoms with E-state index in [1.807, 2.05) is 4.90 Å². The molecular weight excluding hydrogens is 270 g/mol. The molecule has 0 radical (unpaired) electrons. The van der Waals surface area contributed by atoms with Crippen LogP contribution in [0.2, 0.25) is 0 Å². The van der Waals surface area contributed by atoms with E-state index in [1.54, 1.807) is 24.3 Å². The molecule has 5 nitrogen and oxygen atoms in total. The largest absolute Gasteiger partial charge is 0.493 e. The van der Waals surface area contributed by atoms with Gasteiger partial charge in [-0.15, -0.1) is 0 Å². The Morgan fingerprint density at radius 3 is 2.14 bits per heavy atom. The van der Waals surface area contributed by atoms with E-state index < -0.39 is 5.97 Å². The summed E-state index contributed by atoms with van der Waals surface area (Å²) in [5.74, 6) is -0.294. The van der Waals surface area contributed by atoms with Crippen LogP contribution in [0, 0.1) is 0 Å². The average molecular weight is 293 g/mol. The fourth-order valence-electron chi connectivity index (χ4n) is 1.99. The molecule has 0 aliphatic rings. The van der Waals surface area contributed by atoms with Gasteiger partial charge in [0, 0.05) is 18.7 Å². The van der Waals surface area contributed by atoms with Gasteiger partial charge in [0.05, 0.1) is 13.0 Å². The van der Waals surface area contributed by atoms with Gasteiger partial charge in [-0.25, -0.2) is 0 Å². The van der Waals surface area contributed by atoms with Crippen molar-refractivity contribution in [3.63, 3.8) is 0 Å². The van der Waals surface area contributed by atoms with Crippen LogP contribution in [0.4, 0.5) is 0 Å². The Hall–Kier alpha value is -2.04. The topological polar surface area (TPSA) is 66.8 Å². The van der Waals surface area contributed by atoms with Crippen molar-refractivity contribution in [2.24, 2.45) is 0 Å². The summed E-state index contributed by atoms with van der Waals surface area (Å²) in [5.41, 5.74) is 0.627. The first-order chi connectivity index (χ1) is 10.1. The van der Waals surface area contributed by atoms with Gasteiger partial charge in [-0.3, -0.25) is 9.59 Å². The van der Waals surface area contributed by atoms with Crippen molar-refractivity contribution >= 4 is 11.9 Å². The highest BCUT2D eigenvalue weighted by Gasteiger charge is 2.14. The molecule has 0 unspecified atom stereocenters. The number of rotatable bonds is 9. The minimum atomic E-state index is -0.892. The SMILES string of the molecule is CCCN(CCC)C(=O)c1ccc(OCCC(=O)O)cc1. The van der Waals surface area contributed by atoms with Gasteiger partial charge in [-0.1, -0.05) is 13.8 Å². The molecule has 5 heteroatoms. The lowest BCUT2D eigenvalue weighted by Gasteiger charge is -2.21. The van der Waals surface area contributed by atoms with Crippen LogP contribution in [0.15, 0.2) is 24.3 Å². The first-order valence-electron chi connectivity index (χ1n) is 7.32. The third-order valence-electron chi connectivity index (χ3n) is 2.96. The Kier molecular flexibility index (Phi) is 7.29. The maximum absolute atomic E-state index is 12.3. The molecule has 0 saturated carbocycles. The number of aliphatic carboxylic acids is 1. The molecule has 0 heterocycles. The van der Waals surface area contributed by atoms with Crippen LogP contribution in [0.25, 0.3) is 0 Å². The van der Waals surface area contributed by atoms with Crippen molar-refractivity contribution in [2.75, 3.05) is 19.7 Å². The van der Waals surface area contributed by atoms with E-state index in [0.29, 0.717) is 11.3 Å². The van der Waals surface area contributed by atoms with Crippen LogP contribution in [-0.4, -0.2) is 41.6 Å². The van der Waals surface area contributed by atoms with Crippen molar-refractivity contribution in [3.05, 3.63) is 29.8 Å². The number of carbonyl (C=O) groups excluding carboxylic acids is 1. The van der Waals surface area contributed by atoms with E-state index >= 15 is 0 Å². The number of ether oxygens (including phenoxy) is 1. The van der Waals surface area contributed by atoms with Gasteiger partial charge in [-0.05, 0) is 37.1 Å². The average Bonchev–Trinajstić information content (AvgIpc) is 2.47. The first kappa shape index (κ1) is 17.0. The highest BCUT2D eigenvalue weighted by Crippen LogP contribution is 2.14. The highest BCUT2D eigenvalue weighted by atomic mass is 16.5. The van der Waals surface area contributed by atoms with E-state index in [2.05, 4.69) is 13.8 Å². The molecule has 1 aromatic rings. The molecule has 0 aromatic heterocycles. The number of carboxylic acid groups (broad SMARTS) is 1. The van der Waals surface area contributed by atoms with Crippen LogP contribution in [0.3, 0.4) is 0 Å². The molecule has 0 saturated heterocycles. The Bertz CT molecular complexity index is 450. The molecule has 1 amide bonds. The van der Waals surface area contributed by atoms with Crippen molar-refractivity contribution < 1.29 is 19.4 Å². The van der Waals surface area contributed by atoms with E-state index in [4.69, 9.17) is 9.84 Å². The molecule has 0 spiro atoms. The van der Waals surface area contributed by atoms with Gasteiger partial charge >= 0.3 is 5.97 Å². The second kappa shape index (κ2) is 9.00. The van der Waals surface area contributed by atoms with Crippen LogP contribution in [0.1, 0.15) is 43.5 Å². The number of benzene rings is 1. The number of hydrogen-bond acceptors (Lipinski definition) is 3. The maximum atomic E-state index is 12.3. The Labute approximate surface area is 125 Å². The first-order valence-corrected chi connectivity index (χ1v) is 7.32. The normalized spacial score (nSPS) is 10.2. The van der Waals surface area contributed by atoms with Gasteiger partial charge in [0.15, 0.2) is 0 Å². The van der Waals surface area contributed by atoms with E-state index in [9.17, 15) is 9.59 Å². The quantitative estimate of drug-likeness (QED) is 0.760. The van der Waals surface area contributed by atoms with Gasteiger partial charge in [0.25, 0.3) is 5.91 Å². The van der Waals surface area contributed by atoms with Crippen molar-refractivity contribution in [2.45, 2.75) is 33.1 Å². The molecule has 116 valence electrons. The fourth-order valence-corrected chi connectivity index (χ4v) is 1.99. The summed E-state index contributed by atoms with van der Waals surface area (Å²) in [4.78, 5) is 24.6. The summed E-state index contributed by atoms with van der Waals surface area (Å²) in [7, 11) is 0. The molecule has 21 heavy (non-hydrogen) atoms. The standard InChI is InChI=1S/C16H23NO4/c1-3-10-17(11-4-2)16(20)13-5-7-14(8-6-13)21-12-9-15(18)19/h5-8H,3-4,9-12H2,1-2H3,(H,18,19). The Morgan fingerprint density at radius 2 is 1.67 bits per heavy atom. The zero-order valence-electron chi connectivity index (χ0n) is 12.7. The monoisotopic (exact) mass is 293 g/mol. The van der Waals surface area contributed by atoms with Gasteiger partial charge in [-0.2, -0.15) is 0 Å². The Balaban J connectivity index is 2.63. The second-order valence-electron chi connectivity index (χ2n) is 4.81. The highest BCUT2D eigenvalue weighted by molar-refractivity contribution is 5.94. The number of amides is 1. The number of carbonyl (C=O) groups is 2. The second-order valence-corrected chi connectivity index (χ2v) is 4.81. The lowest BCUT2D eigenvalue weighted by atomic mass is 10.2. The summed E-state index contributed by atoms with van der Waals surface area (Å²) in [6.45, 7) is 5.73. The van der Waals surface area contributed by atoms with Crippen LogP contribution in [-0.2, 0) is 4.79 Å². The van der Waals surface area contributed by atoms with E-state index in [-0.39, 0.29) is 18.9 Å². The van der Waals surface area contributed by atoms with Gasteiger partial charge in [0.2, 0.25) is 0 Å². The van der Waals surface area contributed by atoms with E-state index in [1.165, 1.54) is 0 Å². The number of carboxylic acids is 1. The fraction of sp³-hybridized carbons (Fsp3) is 0.500.